The maximum absolute atomic E-state index is 12.3. The summed E-state index contributed by atoms with van der Waals surface area (Å²) in [5.41, 5.74) is 4.46. The van der Waals surface area contributed by atoms with Gasteiger partial charge in [-0.05, 0) is 30.2 Å². The number of nitrogens with zero attached hydrogens (tertiary/aromatic N) is 1. The number of morpholine rings is 1. The summed E-state index contributed by atoms with van der Waals surface area (Å²) in [7, 11) is 0. The topological polar surface area (TPSA) is 69.4 Å². The second-order valence-electron chi connectivity index (χ2n) is 6.93. The Morgan fingerprint density at radius 3 is 2.75 bits per heavy atom. The van der Waals surface area contributed by atoms with Crippen LogP contribution in [0.15, 0.2) is 54.7 Å². The Hall–Kier alpha value is -2.99. The van der Waals surface area contributed by atoms with Crippen LogP contribution in [-0.4, -0.2) is 50.3 Å². The molecule has 3 aromatic rings. The second-order valence-corrected chi connectivity index (χ2v) is 6.93. The Balaban J connectivity index is 1.28. The lowest BCUT2D eigenvalue weighted by molar-refractivity contribution is -0.119. The van der Waals surface area contributed by atoms with Gasteiger partial charge in [0.15, 0.2) is 0 Å². The molecule has 0 radical (unpaired) electrons. The monoisotopic (exact) mass is 378 g/mol. The van der Waals surface area contributed by atoms with Crippen LogP contribution in [-0.2, 0) is 16.0 Å². The molecule has 0 aliphatic carbocycles. The third-order valence-electron chi connectivity index (χ3n) is 5.09. The SMILES string of the molecule is O=C(CNc1ccccc1N1CCOCC1)NCCc1c[nH]c2ccccc12. The van der Waals surface area contributed by atoms with E-state index in [0.717, 1.165) is 49.6 Å². The summed E-state index contributed by atoms with van der Waals surface area (Å²) >= 11 is 0. The van der Waals surface area contributed by atoms with Gasteiger partial charge in [0.25, 0.3) is 0 Å². The molecule has 0 unspecified atom stereocenters. The fourth-order valence-electron chi connectivity index (χ4n) is 3.62. The number of rotatable bonds is 7. The number of anilines is 2. The van der Waals surface area contributed by atoms with E-state index < -0.39 is 0 Å². The number of nitrogens with one attached hydrogen (secondary N) is 3. The Bertz CT molecular complexity index is 931. The molecule has 1 saturated heterocycles. The maximum Gasteiger partial charge on any atom is 0.239 e. The maximum atomic E-state index is 12.3. The van der Waals surface area contributed by atoms with Gasteiger partial charge in [-0.2, -0.15) is 0 Å². The van der Waals surface area contributed by atoms with Crippen LogP contribution in [0.1, 0.15) is 5.56 Å². The van der Waals surface area contributed by atoms with E-state index in [0.29, 0.717) is 6.54 Å². The Morgan fingerprint density at radius 2 is 1.86 bits per heavy atom. The number of para-hydroxylation sites is 3. The van der Waals surface area contributed by atoms with Crippen LogP contribution in [0.25, 0.3) is 10.9 Å². The van der Waals surface area contributed by atoms with Gasteiger partial charge in [0.2, 0.25) is 5.91 Å². The average Bonchev–Trinajstić information content (AvgIpc) is 3.16. The minimum Gasteiger partial charge on any atom is -0.378 e. The summed E-state index contributed by atoms with van der Waals surface area (Å²) in [6, 6.07) is 16.3. The predicted molar refractivity (Wildman–Crippen MR) is 113 cm³/mol. The lowest BCUT2D eigenvalue weighted by Gasteiger charge is -2.30. The summed E-state index contributed by atoms with van der Waals surface area (Å²) in [5, 5.41) is 7.51. The van der Waals surface area contributed by atoms with E-state index in [4.69, 9.17) is 4.74 Å². The summed E-state index contributed by atoms with van der Waals surface area (Å²) < 4.78 is 5.43. The lowest BCUT2D eigenvalue weighted by Crippen LogP contribution is -2.37. The summed E-state index contributed by atoms with van der Waals surface area (Å²) in [5.74, 6) is -0.00313. The van der Waals surface area contributed by atoms with Crippen LogP contribution < -0.4 is 15.5 Å². The highest BCUT2D eigenvalue weighted by molar-refractivity contribution is 5.84. The van der Waals surface area contributed by atoms with Crippen molar-refractivity contribution in [3.8, 4) is 0 Å². The molecule has 146 valence electrons. The van der Waals surface area contributed by atoms with Crippen LogP contribution in [0.2, 0.25) is 0 Å². The first kappa shape index (κ1) is 18.4. The first-order valence-electron chi connectivity index (χ1n) is 9.78. The van der Waals surface area contributed by atoms with Gasteiger partial charge in [-0.1, -0.05) is 30.3 Å². The normalized spacial score (nSPS) is 14.2. The highest BCUT2D eigenvalue weighted by atomic mass is 16.5. The van der Waals surface area contributed by atoms with Gasteiger partial charge in [-0.3, -0.25) is 4.79 Å². The molecule has 2 aromatic carbocycles. The number of ether oxygens (including phenoxy) is 1. The van der Waals surface area contributed by atoms with E-state index in [1.54, 1.807) is 0 Å². The third-order valence-corrected chi connectivity index (χ3v) is 5.09. The number of carbonyl (C=O) groups is 1. The molecule has 2 heterocycles. The highest BCUT2D eigenvalue weighted by Crippen LogP contribution is 2.26. The average molecular weight is 378 g/mol. The van der Waals surface area contributed by atoms with Gasteiger partial charge in [-0.25, -0.2) is 0 Å². The molecular weight excluding hydrogens is 352 g/mol. The fraction of sp³-hybridized carbons (Fsp3) is 0.318. The molecule has 6 nitrogen and oxygen atoms in total. The highest BCUT2D eigenvalue weighted by Gasteiger charge is 2.14. The van der Waals surface area contributed by atoms with Crippen molar-refractivity contribution < 1.29 is 9.53 Å². The minimum absolute atomic E-state index is 0.00313. The van der Waals surface area contributed by atoms with Crippen LogP contribution >= 0.6 is 0 Å². The van der Waals surface area contributed by atoms with Gasteiger partial charge >= 0.3 is 0 Å². The van der Waals surface area contributed by atoms with Crippen LogP contribution in [0.5, 0.6) is 0 Å². The summed E-state index contributed by atoms with van der Waals surface area (Å²) in [4.78, 5) is 17.8. The van der Waals surface area contributed by atoms with Crippen molar-refractivity contribution in [3.63, 3.8) is 0 Å². The van der Waals surface area contributed by atoms with E-state index in [1.807, 2.05) is 36.5 Å². The smallest absolute Gasteiger partial charge is 0.239 e. The standard InChI is InChI=1S/C22H26N4O2/c27-22(23-10-9-17-15-24-19-6-2-1-5-18(17)19)16-25-20-7-3-4-8-21(20)26-11-13-28-14-12-26/h1-8,15,24-25H,9-14,16H2,(H,23,27). The Labute approximate surface area is 164 Å². The fourth-order valence-corrected chi connectivity index (χ4v) is 3.62. The summed E-state index contributed by atoms with van der Waals surface area (Å²) in [6.07, 6.45) is 2.83. The lowest BCUT2D eigenvalue weighted by atomic mass is 10.1. The molecule has 6 heteroatoms. The number of fused-ring (bicyclic) bond motifs is 1. The molecule has 0 atom stereocenters. The van der Waals surface area contributed by atoms with Crippen molar-refractivity contribution in [2.75, 3.05) is 49.6 Å². The molecule has 1 fully saturated rings. The van der Waals surface area contributed by atoms with Crippen molar-refractivity contribution in [1.82, 2.24) is 10.3 Å². The van der Waals surface area contributed by atoms with Crippen molar-refractivity contribution in [2.45, 2.75) is 6.42 Å². The number of hydrogen-bond donors (Lipinski definition) is 3. The van der Waals surface area contributed by atoms with E-state index >= 15 is 0 Å². The van der Waals surface area contributed by atoms with Gasteiger partial charge in [0, 0.05) is 36.7 Å². The van der Waals surface area contributed by atoms with E-state index in [2.05, 4.69) is 38.7 Å². The predicted octanol–water partition coefficient (Wildman–Crippen LogP) is 2.78. The number of aromatic nitrogens is 1. The van der Waals surface area contributed by atoms with Crippen molar-refractivity contribution in [1.29, 1.82) is 0 Å². The molecule has 1 aliphatic rings. The number of aromatic amines is 1. The first-order chi connectivity index (χ1) is 13.8. The largest absolute Gasteiger partial charge is 0.378 e. The van der Waals surface area contributed by atoms with Crippen LogP contribution in [0.3, 0.4) is 0 Å². The Kier molecular flexibility index (Phi) is 5.77. The molecular formula is C22H26N4O2. The number of carbonyl (C=O) groups excluding carboxylic acids is 1. The molecule has 1 aliphatic heterocycles. The van der Waals surface area contributed by atoms with Gasteiger partial charge in [-0.15, -0.1) is 0 Å². The number of amides is 1. The second kappa shape index (κ2) is 8.80. The van der Waals surface area contributed by atoms with E-state index in [9.17, 15) is 4.79 Å². The summed E-state index contributed by atoms with van der Waals surface area (Å²) in [6.45, 7) is 4.10. The van der Waals surface area contributed by atoms with Crippen LogP contribution in [0.4, 0.5) is 11.4 Å². The van der Waals surface area contributed by atoms with E-state index in [-0.39, 0.29) is 12.5 Å². The zero-order valence-electron chi connectivity index (χ0n) is 15.9. The zero-order valence-corrected chi connectivity index (χ0v) is 15.9. The van der Waals surface area contributed by atoms with Crippen molar-refractivity contribution in [2.24, 2.45) is 0 Å². The quantitative estimate of drug-likeness (QED) is 0.591. The number of H-pyrrole nitrogens is 1. The molecule has 0 saturated carbocycles. The molecule has 1 amide bonds. The van der Waals surface area contributed by atoms with Gasteiger partial charge < -0.3 is 25.3 Å². The number of benzene rings is 2. The Morgan fingerprint density at radius 1 is 1.07 bits per heavy atom. The minimum atomic E-state index is -0.00313. The molecule has 0 spiro atoms. The van der Waals surface area contributed by atoms with Gasteiger partial charge in [0.05, 0.1) is 31.1 Å². The number of hydrogen-bond acceptors (Lipinski definition) is 4. The molecule has 1 aromatic heterocycles. The van der Waals surface area contributed by atoms with Crippen molar-refractivity contribution >= 4 is 28.2 Å². The molecule has 0 bridgehead atoms. The zero-order chi connectivity index (χ0) is 19.2. The molecule has 4 rings (SSSR count). The van der Waals surface area contributed by atoms with E-state index in [1.165, 1.54) is 10.9 Å². The van der Waals surface area contributed by atoms with Crippen LogP contribution in [0, 0.1) is 0 Å². The molecule has 28 heavy (non-hydrogen) atoms. The first-order valence-corrected chi connectivity index (χ1v) is 9.78. The van der Waals surface area contributed by atoms with Gasteiger partial charge in [0.1, 0.15) is 0 Å². The molecule has 3 N–H and O–H groups in total. The van der Waals surface area contributed by atoms with Crippen molar-refractivity contribution in [3.05, 3.63) is 60.3 Å². The third kappa shape index (κ3) is 4.28.